The number of ether oxygens (including phenoxy) is 1. The predicted molar refractivity (Wildman–Crippen MR) is 64.0 cm³/mol. The normalized spacial score (nSPS) is 18.2. The average molecular weight is 239 g/mol. The van der Waals surface area contributed by atoms with E-state index in [1.54, 1.807) is 18.9 Å². The lowest BCUT2D eigenvalue weighted by molar-refractivity contribution is -0.137. The first kappa shape index (κ1) is 13.9. The smallest absolute Gasteiger partial charge is 0.242 e. The number of nitrogens with zero attached hydrogens (tertiary/aromatic N) is 2. The lowest BCUT2D eigenvalue weighted by Crippen LogP contribution is -2.55. The van der Waals surface area contributed by atoms with Gasteiger partial charge in [-0.15, -0.1) is 0 Å². The SMILES string of the molecule is COCCN(CCC#N)C(=O)C(C)(N)C1CC1. The molecule has 1 rings (SSSR count). The van der Waals surface area contributed by atoms with Crippen LogP contribution < -0.4 is 5.73 Å². The summed E-state index contributed by atoms with van der Waals surface area (Å²) in [6.07, 6.45) is 2.38. The maximum absolute atomic E-state index is 12.3. The van der Waals surface area contributed by atoms with Crippen molar-refractivity contribution in [3.05, 3.63) is 0 Å². The van der Waals surface area contributed by atoms with Crippen molar-refractivity contribution in [1.82, 2.24) is 4.90 Å². The molecule has 17 heavy (non-hydrogen) atoms. The van der Waals surface area contributed by atoms with Crippen molar-refractivity contribution in [2.24, 2.45) is 11.7 Å². The van der Waals surface area contributed by atoms with Crippen molar-refractivity contribution in [2.75, 3.05) is 26.8 Å². The number of hydrogen-bond acceptors (Lipinski definition) is 4. The molecule has 0 aromatic carbocycles. The monoisotopic (exact) mass is 239 g/mol. The van der Waals surface area contributed by atoms with Gasteiger partial charge in [-0.3, -0.25) is 4.79 Å². The molecule has 0 heterocycles. The van der Waals surface area contributed by atoms with E-state index in [4.69, 9.17) is 15.7 Å². The average Bonchev–Trinajstić information content (AvgIpc) is 3.12. The molecule has 1 aliphatic carbocycles. The summed E-state index contributed by atoms with van der Waals surface area (Å²) in [6, 6.07) is 2.05. The first-order valence-electron chi connectivity index (χ1n) is 5.98. The van der Waals surface area contributed by atoms with Crippen LogP contribution in [0, 0.1) is 17.2 Å². The molecule has 0 spiro atoms. The standard InChI is InChI=1S/C12H21N3O2/c1-12(14,10-4-5-10)11(16)15(7-3-6-13)8-9-17-2/h10H,3-5,7-9,14H2,1-2H3. The molecule has 5 heteroatoms. The molecular formula is C12H21N3O2. The van der Waals surface area contributed by atoms with Gasteiger partial charge in [0.25, 0.3) is 0 Å². The Morgan fingerprint density at radius 2 is 2.24 bits per heavy atom. The number of rotatable bonds is 7. The summed E-state index contributed by atoms with van der Waals surface area (Å²) in [6.45, 7) is 3.19. The predicted octanol–water partition coefficient (Wildman–Crippen LogP) is 0.502. The van der Waals surface area contributed by atoms with Crippen LogP contribution >= 0.6 is 0 Å². The van der Waals surface area contributed by atoms with Gasteiger partial charge < -0.3 is 15.4 Å². The van der Waals surface area contributed by atoms with Crippen LogP contribution in [-0.4, -0.2) is 43.2 Å². The van der Waals surface area contributed by atoms with Gasteiger partial charge in [0.1, 0.15) is 0 Å². The summed E-state index contributed by atoms with van der Waals surface area (Å²) in [5, 5.41) is 8.60. The molecule has 1 saturated carbocycles. The highest BCUT2D eigenvalue weighted by Gasteiger charge is 2.45. The van der Waals surface area contributed by atoms with Crippen molar-refractivity contribution in [3.8, 4) is 6.07 Å². The van der Waals surface area contributed by atoms with Crippen LogP contribution in [-0.2, 0) is 9.53 Å². The highest BCUT2D eigenvalue weighted by atomic mass is 16.5. The molecule has 1 atom stereocenters. The number of hydrogen-bond donors (Lipinski definition) is 1. The fourth-order valence-electron chi connectivity index (χ4n) is 1.90. The number of amides is 1. The zero-order chi connectivity index (χ0) is 12.9. The van der Waals surface area contributed by atoms with E-state index in [0.29, 0.717) is 32.0 Å². The Bertz CT molecular complexity index is 305. The minimum Gasteiger partial charge on any atom is -0.383 e. The van der Waals surface area contributed by atoms with Crippen LogP contribution in [0.3, 0.4) is 0 Å². The molecule has 0 radical (unpaired) electrons. The molecule has 0 aromatic heterocycles. The molecule has 1 unspecified atom stereocenters. The third kappa shape index (κ3) is 3.69. The number of carbonyl (C=O) groups excluding carboxylic acids is 1. The number of nitrogens with two attached hydrogens (primary N) is 1. The van der Waals surface area contributed by atoms with Crippen LogP contribution in [0.2, 0.25) is 0 Å². The molecule has 1 aliphatic rings. The zero-order valence-corrected chi connectivity index (χ0v) is 10.6. The summed E-state index contributed by atoms with van der Waals surface area (Å²) in [4.78, 5) is 13.9. The third-order valence-electron chi connectivity index (χ3n) is 3.23. The van der Waals surface area contributed by atoms with Crippen LogP contribution in [0.5, 0.6) is 0 Å². The van der Waals surface area contributed by atoms with Crippen molar-refractivity contribution < 1.29 is 9.53 Å². The van der Waals surface area contributed by atoms with Gasteiger partial charge in [-0.1, -0.05) is 0 Å². The van der Waals surface area contributed by atoms with Crippen molar-refractivity contribution in [1.29, 1.82) is 5.26 Å². The Morgan fingerprint density at radius 1 is 1.59 bits per heavy atom. The van der Waals surface area contributed by atoms with Gasteiger partial charge in [0.05, 0.1) is 24.6 Å². The van der Waals surface area contributed by atoms with Crippen LogP contribution in [0.1, 0.15) is 26.2 Å². The summed E-state index contributed by atoms with van der Waals surface area (Å²) in [7, 11) is 1.59. The van der Waals surface area contributed by atoms with Gasteiger partial charge in [-0.25, -0.2) is 0 Å². The summed E-state index contributed by atoms with van der Waals surface area (Å²) in [5.41, 5.74) is 5.31. The van der Waals surface area contributed by atoms with E-state index in [9.17, 15) is 4.79 Å². The molecule has 1 fully saturated rings. The Hall–Kier alpha value is -1.12. The zero-order valence-electron chi connectivity index (χ0n) is 10.6. The van der Waals surface area contributed by atoms with E-state index in [1.165, 1.54) is 0 Å². The molecule has 0 aliphatic heterocycles. The largest absolute Gasteiger partial charge is 0.383 e. The third-order valence-corrected chi connectivity index (χ3v) is 3.23. The molecule has 0 aromatic rings. The minimum absolute atomic E-state index is 0.0627. The van der Waals surface area contributed by atoms with E-state index in [-0.39, 0.29) is 5.91 Å². The Kier molecular flexibility index (Phi) is 4.91. The van der Waals surface area contributed by atoms with Gasteiger partial charge >= 0.3 is 0 Å². The minimum atomic E-state index is -0.788. The van der Waals surface area contributed by atoms with E-state index in [2.05, 4.69) is 6.07 Å². The molecule has 0 saturated heterocycles. The number of nitriles is 1. The first-order chi connectivity index (χ1) is 8.04. The molecular weight excluding hydrogens is 218 g/mol. The van der Waals surface area contributed by atoms with Crippen molar-refractivity contribution >= 4 is 5.91 Å². The highest BCUT2D eigenvalue weighted by Crippen LogP contribution is 2.38. The Balaban J connectivity index is 2.60. The van der Waals surface area contributed by atoms with Gasteiger partial charge in [0.15, 0.2) is 0 Å². The number of methoxy groups -OCH3 is 1. The second-order valence-electron chi connectivity index (χ2n) is 4.75. The summed E-state index contributed by atoms with van der Waals surface area (Å²) >= 11 is 0. The second-order valence-corrected chi connectivity index (χ2v) is 4.75. The van der Waals surface area contributed by atoms with Crippen LogP contribution in [0.25, 0.3) is 0 Å². The maximum atomic E-state index is 12.3. The van der Waals surface area contributed by atoms with Gasteiger partial charge in [-0.2, -0.15) is 5.26 Å². The Labute approximate surface area is 103 Å². The summed E-state index contributed by atoms with van der Waals surface area (Å²) in [5.74, 6) is 0.231. The van der Waals surface area contributed by atoms with E-state index >= 15 is 0 Å². The highest BCUT2D eigenvalue weighted by molar-refractivity contribution is 5.86. The first-order valence-corrected chi connectivity index (χ1v) is 5.98. The van der Waals surface area contributed by atoms with Crippen molar-refractivity contribution in [2.45, 2.75) is 31.7 Å². The summed E-state index contributed by atoms with van der Waals surface area (Å²) < 4.78 is 4.97. The van der Waals surface area contributed by atoms with E-state index < -0.39 is 5.54 Å². The fraction of sp³-hybridized carbons (Fsp3) is 0.833. The molecule has 0 bridgehead atoms. The quantitative estimate of drug-likeness (QED) is 0.701. The van der Waals surface area contributed by atoms with Crippen molar-refractivity contribution in [3.63, 3.8) is 0 Å². The van der Waals surface area contributed by atoms with E-state index in [0.717, 1.165) is 12.8 Å². The topological polar surface area (TPSA) is 79.3 Å². The van der Waals surface area contributed by atoms with Gasteiger partial charge in [0.2, 0.25) is 5.91 Å². The molecule has 1 amide bonds. The molecule has 2 N–H and O–H groups in total. The maximum Gasteiger partial charge on any atom is 0.242 e. The lowest BCUT2D eigenvalue weighted by Gasteiger charge is -2.31. The van der Waals surface area contributed by atoms with Gasteiger partial charge in [-0.05, 0) is 25.7 Å². The molecule has 96 valence electrons. The lowest BCUT2D eigenvalue weighted by atomic mass is 9.95. The fourth-order valence-corrected chi connectivity index (χ4v) is 1.90. The Morgan fingerprint density at radius 3 is 2.71 bits per heavy atom. The molecule has 5 nitrogen and oxygen atoms in total. The number of carbonyl (C=O) groups is 1. The van der Waals surface area contributed by atoms with E-state index in [1.807, 2.05) is 0 Å². The van der Waals surface area contributed by atoms with Gasteiger partial charge in [0, 0.05) is 20.2 Å². The van der Waals surface area contributed by atoms with Crippen LogP contribution in [0.4, 0.5) is 0 Å². The van der Waals surface area contributed by atoms with Crippen LogP contribution in [0.15, 0.2) is 0 Å². The second kappa shape index (κ2) is 5.99.